The summed E-state index contributed by atoms with van der Waals surface area (Å²) in [5, 5.41) is 3.14. The van der Waals surface area contributed by atoms with Crippen molar-refractivity contribution in [3.05, 3.63) is 49.7 Å². The first-order valence-electron chi connectivity index (χ1n) is 6.57. The largest absolute Gasteiger partial charge is 0.380 e. The number of hydrogen-bond acceptors (Lipinski definition) is 3. The van der Waals surface area contributed by atoms with E-state index in [9.17, 15) is 0 Å². The summed E-state index contributed by atoms with van der Waals surface area (Å²) in [5.41, 5.74) is 7.94. The number of halogens is 2. The Labute approximate surface area is 165 Å². The Morgan fingerprint density at radius 3 is 2.77 bits per heavy atom. The molecule has 0 unspecified atom stereocenters. The van der Waals surface area contributed by atoms with Crippen LogP contribution in [0, 0.1) is 2.88 Å². The minimum absolute atomic E-state index is 0. The van der Waals surface area contributed by atoms with Gasteiger partial charge < -0.3 is 15.8 Å². The lowest BCUT2D eigenvalue weighted by Crippen LogP contribution is -2.23. The third kappa shape index (κ3) is 6.39. The van der Waals surface area contributed by atoms with Gasteiger partial charge >= 0.3 is 0 Å². The van der Waals surface area contributed by atoms with Crippen molar-refractivity contribution in [2.24, 2.45) is 10.7 Å². The molecule has 1 heterocycles. The number of guanidine groups is 1. The van der Waals surface area contributed by atoms with Crippen LogP contribution in [0.2, 0.25) is 0 Å². The van der Waals surface area contributed by atoms with E-state index in [1.165, 1.54) is 7.76 Å². The molecule has 1 aromatic heterocycles. The van der Waals surface area contributed by atoms with Gasteiger partial charge in [-0.2, -0.15) is 0 Å². The second-order valence-corrected chi connectivity index (χ2v) is 7.50. The lowest BCUT2D eigenvalue weighted by atomic mass is 10.2. The van der Waals surface area contributed by atoms with Crippen molar-refractivity contribution in [3.8, 4) is 0 Å². The van der Waals surface area contributed by atoms with E-state index in [1.54, 1.807) is 18.4 Å². The van der Waals surface area contributed by atoms with Gasteiger partial charge in [-0.1, -0.05) is 18.2 Å². The van der Waals surface area contributed by atoms with Crippen LogP contribution in [0.4, 0.5) is 5.69 Å². The number of nitrogens with two attached hydrogens (primary N) is 1. The van der Waals surface area contributed by atoms with Crippen LogP contribution >= 0.6 is 57.9 Å². The van der Waals surface area contributed by atoms with Gasteiger partial charge in [-0.15, -0.1) is 35.3 Å². The van der Waals surface area contributed by atoms with Crippen molar-refractivity contribution < 1.29 is 4.74 Å². The molecule has 0 spiro atoms. The number of ether oxygens (including phenoxy) is 1. The second kappa shape index (κ2) is 10.4. The zero-order chi connectivity index (χ0) is 15.1. The Morgan fingerprint density at radius 1 is 1.32 bits per heavy atom. The van der Waals surface area contributed by atoms with E-state index in [0.29, 0.717) is 19.1 Å². The molecule has 0 fully saturated rings. The van der Waals surface area contributed by atoms with Crippen molar-refractivity contribution in [2.45, 2.75) is 13.0 Å². The molecule has 2 aromatic rings. The van der Waals surface area contributed by atoms with Crippen LogP contribution in [0.1, 0.15) is 10.4 Å². The third-order valence-corrected chi connectivity index (χ3v) is 4.80. The number of anilines is 1. The van der Waals surface area contributed by atoms with Crippen LogP contribution in [0.3, 0.4) is 0 Å². The van der Waals surface area contributed by atoms with Crippen LogP contribution < -0.4 is 11.1 Å². The van der Waals surface area contributed by atoms with Gasteiger partial charge in [0.15, 0.2) is 5.96 Å². The van der Waals surface area contributed by atoms with E-state index in [4.69, 9.17) is 10.5 Å². The Hall–Kier alpha value is -0.390. The SMILES string of the molecule is COCc1ccccc1NC(N)=NCCc1ccc(I)s1.I. The molecule has 0 aliphatic carbocycles. The summed E-state index contributed by atoms with van der Waals surface area (Å²) in [4.78, 5) is 5.70. The molecule has 0 amide bonds. The van der Waals surface area contributed by atoms with Crippen LogP contribution in [0.15, 0.2) is 41.4 Å². The number of aliphatic imine (C=N–C) groups is 1. The highest BCUT2D eigenvalue weighted by atomic mass is 127. The molecule has 0 saturated carbocycles. The maximum Gasteiger partial charge on any atom is 0.193 e. The van der Waals surface area contributed by atoms with Crippen molar-refractivity contribution in [1.29, 1.82) is 0 Å². The Morgan fingerprint density at radius 2 is 2.09 bits per heavy atom. The van der Waals surface area contributed by atoms with Crippen LogP contribution in [-0.4, -0.2) is 19.6 Å². The van der Waals surface area contributed by atoms with E-state index in [2.05, 4.69) is 45.0 Å². The van der Waals surface area contributed by atoms with Crippen molar-refractivity contribution in [2.75, 3.05) is 19.0 Å². The summed E-state index contributed by atoms with van der Waals surface area (Å²) >= 11 is 4.12. The molecule has 0 bridgehead atoms. The summed E-state index contributed by atoms with van der Waals surface area (Å²) in [6, 6.07) is 12.2. The minimum atomic E-state index is 0. The predicted molar refractivity (Wildman–Crippen MR) is 113 cm³/mol. The fourth-order valence-corrected chi connectivity index (χ4v) is 3.62. The molecule has 0 saturated heterocycles. The Balaban J connectivity index is 0.00000242. The molecular formula is C15H19I2N3OS. The standard InChI is InChI=1S/C15H18IN3OS.HI/c1-20-10-11-4-2-3-5-13(11)19-15(17)18-9-8-12-6-7-14(16)21-12;/h2-7H,8-10H2,1H3,(H3,17,18,19);1H. The monoisotopic (exact) mass is 543 g/mol. The number of nitrogens with zero attached hydrogens (tertiary/aromatic N) is 1. The molecule has 4 nitrogen and oxygen atoms in total. The van der Waals surface area contributed by atoms with Crippen LogP contribution in [0.25, 0.3) is 0 Å². The Kier molecular flexibility index (Phi) is 9.29. The lowest BCUT2D eigenvalue weighted by Gasteiger charge is -2.10. The molecule has 22 heavy (non-hydrogen) atoms. The molecule has 120 valence electrons. The van der Waals surface area contributed by atoms with E-state index < -0.39 is 0 Å². The van der Waals surface area contributed by atoms with Gasteiger partial charge in [0.05, 0.1) is 9.49 Å². The summed E-state index contributed by atoms with van der Waals surface area (Å²) in [6.07, 6.45) is 0.912. The maximum atomic E-state index is 5.94. The second-order valence-electron chi connectivity index (χ2n) is 4.44. The lowest BCUT2D eigenvalue weighted by molar-refractivity contribution is 0.185. The smallest absolute Gasteiger partial charge is 0.193 e. The first kappa shape index (κ1) is 19.7. The number of thiophene rings is 1. The molecule has 0 radical (unpaired) electrons. The zero-order valence-corrected chi connectivity index (χ0v) is 17.5. The van der Waals surface area contributed by atoms with E-state index in [1.807, 2.05) is 24.3 Å². The van der Waals surface area contributed by atoms with E-state index in [-0.39, 0.29) is 24.0 Å². The molecule has 3 N–H and O–H groups in total. The zero-order valence-electron chi connectivity index (χ0n) is 12.2. The molecular weight excluding hydrogens is 524 g/mol. The third-order valence-electron chi connectivity index (χ3n) is 2.85. The first-order chi connectivity index (χ1) is 10.2. The highest BCUT2D eigenvalue weighted by molar-refractivity contribution is 14.1. The van der Waals surface area contributed by atoms with Gasteiger partial charge in [-0.3, -0.25) is 4.99 Å². The first-order valence-corrected chi connectivity index (χ1v) is 8.46. The summed E-state index contributed by atoms with van der Waals surface area (Å²) < 4.78 is 6.47. The number of benzene rings is 1. The van der Waals surface area contributed by atoms with Crippen molar-refractivity contribution in [1.82, 2.24) is 0 Å². The fraction of sp³-hybridized carbons (Fsp3) is 0.267. The average Bonchev–Trinajstić information content (AvgIpc) is 2.87. The summed E-state index contributed by atoms with van der Waals surface area (Å²) in [5.74, 6) is 0.435. The molecule has 2 rings (SSSR count). The highest BCUT2D eigenvalue weighted by Crippen LogP contribution is 2.18. The molecule has 0 atom stereocenters. The molecule has 0 aliphatic heterocycles. The van der Waals surface area contributed by atoms with Gasteiger partial charge in [0.25, 0.3) is 0 Å². The van der Waals surface area contributed by atoms with Gasteiger partial charge in [-0.05, 0) is 40.8 Å². The number of para-hydroxylation sites is 1. The number of nitrogens with one attached hydrogen (secondary N) is 1. The van der Waals surface area contributed by atoms with Gasteiger partial charge in [-0.25, -0.2) is 0 Å². The molecule has 1 aromatic carbocycles. The van der Waals surface area contributed by atoms with Crippen LogP contribution in [0.5, 0.6) is 0 Å². The van der Waals surface area contributed by atoms with Gasteiger partial charge in [0.1, 0.15) is 0 Å². The average molecular weight is 543 g/mol. The fourth-order valence-electron chi connectivity index (χ4n) is 1.87. The Bertz CT molecular complexity index is 616. The molecule has 0 aliphatic rings. The normalized spacial score (nSPS) is 11.1. The quantitative estimate of drug-likeness (QED) is 0.328. The maximum absolute atomic E-state index is 5.94. The predicted octanol–water partition coefficient (Wildman–Crippen LogP) is 4.09. The van der Waals surface area contributed by atoms with Crippen molar-refractivity contribution >= 4 is 69.6 Å². The summed E-state index contributed by atoms with van der Waals surface area (Å²) in [6.45, 7) is 1.23. The minimum Gasteiger partial charge on any atom is -0.380 e. The summed E-state index contributed by atoms with van der Waals surface area (Å²) in [7, 11) is 1.68. The van der Waals surface area contributed by atoms with Crippen molar-refractivity contribution in [3.63, 3.8) is 0 Å². The topological polar surface area (TPSA) is 59.6 Å². The highest BCUT2D eigenvalue weighted by Gasteiger charge is 2.02. The van der Waals surface area contributed by atoms with E-state index in [0.717, 1.165) is 17.7 Å². The number of rotatable bonds is 6. The number of hydrogen-bond donors (Lipinski definition) is 2. The van der Waals surface area contributed by atoms with Gasteiger partial charge in [0.2, 0.25) is 0 Å². The van der Waals surface area contributed by atoms with Gasteiger partial charge in [0, 0.05) is 36.2 Å². The van der Waals surface area contributed by atoms with E-state index >= 15 is 0 Å². The van der Waals surface area contributed by atoms with Crippen LogP contribution in [-0.2, 0) is 17.8 Å². The number of methoxy groups -OCH3 is 1. The molecule has 7 heteroatoms.